The summed E-state index contributed by atoms with van der Waals surface area (Å²) in [6.45, 7) is 6.59. The summed E-state index contributed by atoms with van der Waals surface area (Å²) < 4.78 is 18.5. The second-order valence-corrected chi connectivity index (χ2v) is 4.74. The number of phenols is 1. The smallest absolute Gasteiger partial charge is 0.246 e. The summed E-state index contributed by atoms with van der Waals surface area (Å²) in [6.07, 6.45) is 0. The van der Waals surface area contributed by atoms with Gasteiger partial charge in [-0.05, 0) is 38.6 Å². The van der Waals surface area contributed by atoms with E-state index in [1.54, 1.807) is 0 Å². The second kappa shape index (κ2) is 4.97. The fourth-order valence-electron chi connectivity index (χ4n) is 1.76. The minimum Gasteiger partial charge on any atom is -0.505 e. The van der Waals surface area contributed by atoms with Gasteiger partial charge in [-0.25, -0.2) is 4.39 Å². The van der Waals surface area contributed by atoms with Crippen LogP contribution in [0, 0.1) is 5.82 Å². The van der Waals surface area contributed by atoms with Crippen LogP contribution < -0.4 is 5.32 Å². The maximum atomic E-state index is 13.3. The van der Waals surface area contributed by atoms with Crippen LogP contribution in [0.3, 0.4) is 0 Å². The molecule has 1 aromatic carbocycles. The Kier molecular flexibility index (Phi) is 3.53. The van der Waals surface area contributed by atoms with Crippen LogP contribution in [0.15, 0.2) is 22.7 Å². The van der Waals surface area contributed by atoms with Gasteiger partial charge in [-0.2, -0.15) is 4.98 Å². The summed E-state index contributed by atoms with van der Waals surface area (Å²) in [6, 6.07) is 3.97. The number of aromatic nitrogens is 2. The standard InChI is InChI=1S/C13H16FN3O2/c1-4-15-13(2,3)12-16-11(17-19-12)8-5-6-10(18)9(14)7-8/h5-7,15,18H,4H2,1-3H3. The number of hydrogen-bond donors (Lipinski definition) is 2. The van der Waals surface area contributed by atoms with Crippen LogP contribution in [0.1, 0.15) is 26.7 Å². The molecular formula is C13H16FN3O2. The third kappa shape index (κ3) is 2.73. The average molecular weight is 265 g/mol. The molecule has 2 aromatic rings. The quantitative estimate of drug-likeness (QED) is 0.888. The Morgan fingerprint density at radius 1 is 1.42 bits per heavy atom. The first-order valence-electron chi connectivity index (χ1n) is 6.02. The largest absolute Gasteiger partial charge is 0.505 e. The van der Waals surface area contributed by atoms with E-state index in [0.29, 0.717) is 17.3 Å². The number of phenolic OH excluding ortho intramolecular Hbond substituents is 1. The van der Waals surface area contributed by atoms with Crippen LogP contribution in [0.4, 0.5) is 4.39 Å². The van der Waals surface area contributed by atoms with Gasteiger partial charge in [0.1, 0.15) is 0 Å². The maximum Gasteiger partial charge on any atom is 0.246 e. The molecule has 5 nitrogen and oxygen atoms in total. The lowest BCUT2D eigenvalue weighted by Gasteiger charge is -2.20. The van der Waals surface area contributed by atoms with E-state index in [-0.39, 0.29) is 0 Å². The van der Waals surface area contributed by atoms with Crippen molar-refractivity contribution >= 4 is 0 Å². The maximum absolute atomic E-state index is 13.3. The van der Waals surface area contributed by atoms with Crippen molar-refractivity contribution in [1.29, 1.82) is 0 Å². The second-order valence-electron chi connectivity index (χ2n) is 4.74. The first kappa shape index (κ1) is 13.5. The molecule has 0 aliphatic heterocycles. The molecule has 0 bridgehead atoms. The summed E-state index contributed by atoms with van der Waals surface area (Å²) in [5, 5.41) is 16.2. The highest BCUT2D eigenvalue weighted by Gasteiger charge is 2.26. The van der Waals surface area contributed by atoms with Gasteiger partial charge in [0.05, 0.1) is 5.54 Å². The van der Waals surface area contributed by atoms with Crippen molar-refractivity contribution in [2.45, 2.75) is 26.3 Å². The molecule has 0 radical (unpaired) electrons. The van der Waals surface area contributed by atoms with E-state index in [9.17, 15) is 4.39 Å². The predicted molar refractivity (Wildman–Crippen MR) is 68.1 cm³/mol. The summed E-state index contributed by atoms with van der Waals surface area (Å²) in [5.41, 5.74) is 0.00717. The fourth-order valence-corrected chi connectivity index (χ4v) is 1.76. The Bertz CT molecular complexity index is 581. The highest BCUT2D eigenvalue weighted by Crippen LogP contribution is 2.25. The zero-order chi connectivity index (χ0) is 14.0. The number of hydrogen-bond acceptors (Lipinski definition) is 5. The van der Waals surface area contributed by atoms with Crippen LogP contribution in [0.25, 0.3) is 11.4 Å². The summed E-state index contributed by atoms with van der Waals surface area (Å²) in [5.74, 6) is -0.395. The molecule has 0 aliphatic rings. The highest BCUT2D eigenvalue weighted by atomic mass is 19.1. The third-order valence-electron chi connectivity index (χ3n) is 2.79. The number of rotatable bonds is 4. The molecule has 0 saturated carbocycles. The molecule has 1 aromatic heterocycles. The van der Waals surface area contributed by atoms with E-state index in [1.165, 1.54) is 18.2 Å². The lowest BCUT2D eigenvalue weighted by Crippen LogP contribution is -2.36. The Balaban J connectivity index is 2.33. The molecular weight excluding hydrogens is 249 g/mol. The van der Waals surface area contributed by atoms with Gasteiger partial charge in [-0.3, -0.25) is 0 Å². The zero-order valence-corrected chi connectivity index (χ0v) is 11.1. The van der Waals surface area contributed by atoms with Crippen molar-refractivity contribution in [3.8, 4) is 17.1 Å². The highest BCUT2D eigenvalue weighted by molar-refractivity contribution is 5.55. The minimum absolute atomic E-state index is 0.292. The van der Waals surface area contributed by atoms with Crippen LogP contribution >= 0.6 is 0 Å². The predicted octanol–water partition coefficient (Wildman–Crippen LogP) is 2.43. The Hall–Kier alpha value is -1.95. The first-order valence-corrected chi connectivity index (χ1v) is 6.02. The Morgan fingerprint density at radius 3 is 2.79 bits per heavy atom. The van der Waals surface area contributed by atoms with E-state index < -0.39 is 17.1 Å². The van der Waals surface area contributed by atoms with Gasteiger partial charge < -0.3 is 14.9 Å². The van der Waals surface area contributed by atoms with Gasteiger partial charge in [0.25, 0.3) is 0 Å². The van der Waals surface area contributed by atoms with Crippen molar-refractivity contribution in [3.05, 3.63) is 29.9 Å². The van der Waals surface area contributed by atoms with E-state index in [2.05, 4.69) is 15.5 Å². The van der Waals surface area contributed by atoms with Gasteiger partial charge in [0.15, 0.2) is 11.6 Å². The lowest BCUT2D eigenvalue weighted by atomic mass is 10.1. The van der Waals surface area contributed by atoms with Crippen LogP contribution in [-0.4, -0.2) is 21.8 Å². The molecule has 2 rings (SSSR count). The molecule has 0 saturated heterocycles. The summed E-state index contributed by atoms with van der Waals surface area (Å²) in [7, 11) is 0. The Labute approximate surface area is 110 Å². The molecule has 102 valence electrons. The molecule has 0 amide bonds. The van der Waals surface area contributed by atoms with E-state index in [4.69, 9.17) is 9.63 Å². The molecule has 19 heavy (non-hydrogen) atoms. The van der Waals surface area contributed by atoms with Crippen molar-refractivity contribution in [1.82, 2.24) is 15.5 Å². The first-order chi connectivity index (χ1) is 8.94. The number of aromatic hydroxyl groups is 1. The molecule has 2 N–H and O–H groups in total. The zero-order valence-electron chi connectivity index (χ0n) is 11.1. The Morgan fingerprint density at radius 2 is 2.16 bits per heavy atom. The van der Waals surface area contributed by atoms with E-state index >= 15 is 0 Å². The third-order valence-corrected chi connectivity index (χ3v) is 2.79. The molecule has 1 heterocycles. The monoisotopic (exact) mass is 265 g/mol. The average Bonchev–Trinajstić information content (AvgIpc) is 2.83. The van der Waals surface area contributed by atoms with E-state index in [1.807, 2.05) is 20.8 Å². The van der Waals surface area contributed by atoms with Gasteiger partial charge >= 0.3 is 0 Å². The van der Waals surface area contributed by atoms with Crippen molar-refractivity contribution in [3.63, 3.8) is 0 Å². The van der Waals surface area contributed by atoms with Crippen molar-refractivity contribution in [2.24, 2.45) is 0 Å². The fraction of sp³-hybridized carbons (Fsp3) is 0.385. The number of halogens is 1. The molecule has 0 aliphatic carbocycles. The van der Waals surface area contributed by atoms with Gasteiger partial charge in [-0.1, -0.05) is 12.1 Å². The summed E-state index contributed by atoms with van der Waals surface area (Å²) >= 11 is 0. The molecule has 0 spiro atoms. The molecule has 0 fully saturated rings. The summed E-state index contributed by atoms with van der Waals surface area (Å²) in [4.78, 5) is 4.25. The van der Waals surface area contributed by atoms with E-state index in [0.717, 1.165) is 6.54 Å². The van der Waals surface area contributed by atoms with Gasteiger partial charge in [0, 0.05) is 5.56 Å². The number of nitrogens with one attached hydrogen (secondary N) is 1. The molecule has 0 unspecified atom stereocenters. The topological polar surface area (TPSA) is 71.2 Å². The van der Waals surface area contributed by atoms with Crippen molar-refractivity contribution < 1.29 is 14.0 Å². The van der Waals surface area contributed by atoms with Crippen LogP contribution in [0.2, 0.25) is 0 Å². The molecule has 6 heteroatoms. The number of nitrogens with zero attached hydrogens (tertiary/aromatic N) is 2. The van der Waals surface area contributed by atoms with Crippen molar-refractivity contribution in [2.75, 3.05) is 6.54 Å². The minimum atomic E-state index is -0.713. The molecule has 0 atom stereocenters. The SMILES string of the molecule is CCNC(C)(C)c1nc(-c2ccc(O)c(F)c2)no1. The normalized spacial score (nSPS) is 11.8. The number of benzene rings is 1. The van der Waals surface area contributed by atoms with Gasteiger partial charge in [0.2, 0.25) is 11.7 Å². The van der Waals surface area contributed by atoms with Crippen LogP contribution in [-0.2, 0) is 5.54 Å². The lowest BCUT2D eigenvalue weighted by molar-refractivity contribution is 0.272. The van der Waals surface area contributed by atoms with Gasteiger partial charge in [-0.15, -0.1) is 0 Å². The van der Waals surface area contributed by atoms with Crippen LogP contribution in [0.5, 0.6) is 5.75 Å².